The maximum Gasteiger partial charge on any atom is 0.251 e. The molecule has 2 bridgehead atoms. The van der Waals surface area contributed by atoms with Crippen LogP contribution in [0.3, 0.4) is 0 Å². The molecule has 4 rings (SSSR count). The van der Waals surface area contributed by atoms with Crippen molar-refractivity contribution in [2.75, 3.05) is 11.9 Å². The van der Waals surface area contributed by atoms with Gasteiger partial charge in [0.1, 0.15) is 0 Å². The van der Waals surface area contributed by atoms with Crippen LogP contribution < -0.4 is 10.6 Å². The summed E-state index contributed by atoms with van der Waals surface area (Å²) in [5.41, 5.74) is 3.08. The highest BCUT2D eigenvalue weighted by Crippen LogP contribution is 2.37. The number of carbonyl (C=O) groups is 1. The largest absolute Gasteiger partial charge is 0.384 e. The fraction of sp³-hybridized carbons (Fsp3) is 0.500. The number of carbonyl (C=O) groups excluding carboxylic acids is 1. The van der Waals surface area contributed by atoms with Gasteiger partial charge in [0, 0.05) is 23.8 Å². The molecule has 5 nitrogen and oxygen atoms in total. The molecule has 108 valence electrons. The Morgan fingerprint density at radius 2 is 2.33 bits per heavy atom. The summed E-state index contributed by atoms with van der Waals surface area (Å²) in [6.07, 6.45) is 6.24. The number of anilines is 1. The van der Waals surface area contributed by atoms with Crippen molar-refractivity contribution in [1.29, 1.82) is 5.26 Å². The molecule has 0 aromatic heterocycles. The van der Waals surface area contributed by atoms with Gasteiger partial charge in [-0.15, -0.1) is 0 Å². The molecule has 3 aliphatic rings. The van der Waals surface area contributed by atoms with Gasteiger partial charge in [0.15, 0.2) is 6.19 Å². The van der Waals surface area contributed by atoms with Crippen molar-refractivity contribution in [1.82, 2.24) is 10.2 Å². The summed E-state index contributed by atoms with van der Waals surface area (Å²) < 4.78 is 0. The molecule has 1 aromatic rings. The first-order chi connectivity index (χ1) is 10.3. The predicted molar refractivity (Wildman–Crippen MR) is 78.8 cm³/mol. The van der Waals surface area contributed by atoms with E-state index in [1.165, 1.54) is 5.56 Å². The van der Waals surface area contributed by atoms with E-state index in [1.807, 2.05) is 23.1 Å². The first-order valence-corrected chi connectivity index (χ1v) is 7.62. The third-order valence-electron chi connectivity index (χ3n) is 5.05. The molecule has 1 amide bonds. The van der Waals surface area contributed by atoms with Gasteiger partial charge < -0.3 is 15.5 Å². The molecule has 2 fully saturated rings. The van der Waals surface area contributed by atoms with Crippen LogP contribution in [0, 0.1) is 11.5 Å². The molecule has 0 unspecified atom stereocenters. The van der Waals surface area contributed by atoms with Crippen LogP contribution in [0.25, 0.3) is 0 Å². The molecular weight excluding hydrogens is 264 g/mol. The molecule has 1 aromatic carbocycles. The van der Waals surface area contributed by atoms with Gasteiger partial charge in [0.05, 0.1) is 12.1 Å². The van der Waals surface area contributed by atoms with Crippen LogP contribution in [0.4, 0.5) is 5.69 Å². The lowest BCUT2D eigenvalue weighted by molar-refractivity contribution is 0.0928. The topological polar surface area (TPSA) is 68.2 Å². The van der Waals surface area contributed by atoms with Gasteiger partial charge in [-0.1, -0.05) is 0 Å². The van der Waals surface area contributed by atoms with Crippen LogP contribution in [-0.4, -0.2) is 35.5 Å². The van der Waals surface area contributed by atoms with Crippen molar-refractivity contribution in [2.45, 2.75) is 43.8 Å². The average molecular weight is 282 g/mol. The molecule has 0 spiro atoms. The molecular formula is C16H18N4O. The zero-order valence-corrected chi connectivity index (χ0v) is 11.8. The van der Waals surface area contributed by atoms with Gasteiger partial charge in [0.2, 0.25) is 0 Å². The smallest absolute Gasteiger partial charge is 0.251 e. The van der Waals surface area contributed by atoms with Crippen molar-refractivity contribution in [3.63, 3.8) is 0 Å². The monoisotopic (exact) mass is 282 g/mol. The molecule has 2 N–H and O–H groups in total. The molecule has 3 heterocycles. The highest BCUT2D eigenvalue weighted by atomic mass is 16.1. The zero-order chi connectivity index (χ0) is 14.4. The number of nitriles is 1. The Hall–Kier alpha value is -2.22. The van der Waals surface area contributed by atoms with Crippen LogP contribution in [0.2, 0.25) is 0 Å². The van der Waals surface area contributed by atoms with Gasteiger partial charge in [-0.2, -0.15) is 5.26 Å². The number of nitrogens with one attached hydrogen (secondary N) is 2. The lowest BCUT2D eigenvalue weighted by atomic mass is 9.95. The van der Waals surface area contributed by atoms with Crippen LogP contribution in [0.5, 0.6) is 0 Å². The number of nitrogens with zero attached hydrogens (tertiary/aromatic N) is 2. The summed E-state index contributed by atoms with van der Waals surface area (Å²) >= 11 is 0. The van der Waals surface area contributed by atoms with Crippen molar-refractivity contribution < 1.29 is 4.79 Å². The van der Waals surface area contributed by atoms with Gasteiger partial charge in [-0.05, 0) is 49.4 Å². The molecule has 3 aliphatic heterocycles. The summed E-state index contributed by atoms with van der Waals surface area (Å²) in [7, 11) is 0. The third kappa shape index (κ3) is 1.94. The van der Waals surface area contributed by atoms with Crippen molar-refractivity contribution >= 4 is 11.6 Å². The molecule has 5 heteroatoms. The van der Waals surface area contributed by atoms with Crippen LogP contribution in [0.15, 0.2) is 18.2 Å². The van der Waals surface area contributed by atoms with Gasteiger partial charge in [-0.25, -0.2) is 0 Å². The van der Waals surface area contributed by atoms with E-state index in [1.54, 1.807) is 0 Å². The number of amides is 1. The summed E-state index contributed by atoms with van der Waals surface area (Å²) in [6.45, 7) is 0.948. The second kappa shape index (κ2) is 4.66. The third-order valence-corrected chi connectivity index (χ3v) is 5.05. The van der Waals surface area contributed by atoms with Crippen LogP contribution in [-0.2, 0) is 6.42 Å². The molecule has 0 aliphatic carbocycles. The molecule has 21 heavy (non-hydrogen) atoms. The Labute approximate surface area is 123 Å². The minimum Gasteiger partial charge on any atom is -0.384 e. The Balaban J connectivity index is 1.48. The van der Waals surface area contributed by atoms with Crippen molar-refractivity contribution in [3.05, 3.63) is 29.3 Å². The van der Waals surface area contributed by atoms with E-state index in [0.29, 0.717) is 6.04 Å². The number of fused-ring (bicyclic) bond motifs is 3. The maximum atomic E-state index is 12.4. The Bertz CT molecular complexity index is 636. The Morgan fingerprint density at radius 3 is 3.14 bits per heavy atom. The van der Waals surface area contributed by atoms with Crippen LogP contribution in [0.1, 0.15) is 35.2 Å². The SMILES string of the molecule is N#CN1[C@@H]2CC[C@H]1[C@@H](NC(=O)c1ccc3c(c1)CCN3)C2. The quantitative estimate of drug-likeness (QED) is 0.806. The number of hydrogen-bond acceptors (Lipinski definition) is 4. The first-order valence-electron chi connectivity index (χ1n) is 7.62. The van der Waals surface area contributed by atoms with E-state index >= 15 is 0 Å². The number of rotatable bonds is 2. The second-order valence-corrected chi connectivity index (χ2v) is 6.17. The maximum absolute atomic E-state index is 12.4. The molecule has 0 radical (unpaired) electrons. The Morgan fingerprint density at radius 1 is 1.43 bits per heavy atom. The van der Waals surface area contributed by atoms with E-state index in [9.17, 15) is 10.1 Å². The zero-order valence-electron chi connectivity index (χ0n) is 11.8. The molecule has 2 saturated heterocycles. The summed E-state index contributed by atoms with van der Waals surface area (Å²) in [6, 6.07) is 6.48. The van der Waals surface area contributed by atoms with E-state index in [4.69, 9.17) is 0 Å². The highest BCUT2D eigenvalue weighted by molar-refractivity contribution is 5.95. The average Bonchev–Trinajstić information content (AvgIpc) is 3.19. The summed E-state index contributed by atoms with van der Waals surface area (Å²) in [4.78, 5) is 14.3. The lowest BCUT2D eigenvalue weighted by Gasteiger charge is -2.22. The molecule has 3 atom stereocenters. The second-order valence-electron chi connectivity index (χ2n) is 6.17. The van der Waals surface area contributed by atoms with E-state index in [-0.39, 0.29) is 18.0 Å². The van der Waals surface area contributed by atoms with Crippen molar-refractivity contribution in [3.8, 4) is 6.19 Å². The normalized spacial score (nSPS) is 28.9. The highest BCUT2D eigenvalue weighted by Gasteiger charge is 2.46. The van der Waals surface area contributed by atoms with Crippen LogP contribution >= 0.6 is 0 Å². The number of hydrogen-bond donors (Lipinski definition) is 2. The first kappa shape index (κ1) is 12.5. The summed E-state index contributed by atoms with van der Waals surface area (Å²) in [5.74, 6) is -0.0138. The molecule has 0 saturated carbocycles. The number of benzene rings is 1. The van der Waals surface area contributed by atoms with E-state index in [0.717, 1.165) is 43.5 Å². The van der Waals surface area contributed by atoms with Gasteiger partial charge in [0.25, 0.3) is 5.91 Å². The minimum atomic E-state index is -0.0138. The fourth-order valence-electron chi connectivity index (χ4n) is 4.00. The Kier molecular flexibility index (Phi) is 2.78. The standard InChI is InChI=1S/C16H18N4O/c17-9-20-12-2-4-15(20)14(8-12)19-16(21)11-1-3-13-10(7-11)5-6-18-13/h1,3,7,12,14-15,18H,2,4-6,8H2,(H,19,21)/t12-,14+,15+/m1/s1. The summed E-state index contributed by atoms with van der Waals surface area (Å²) in [5, 5.41) is 15.6. The van der Waals surface area contributed by atoms with E-state index < -0.39 is 0 Å². The fourth-order valence-corrected chi connectivity index (χ4v) is 4.00. The van der Waals surface area contributed by atoms with Gasteiger partial charge in [-0.3, -0.25) is 4.79 Å². The predicted octanol–water partition coefficient (Wildman–Crippen LogP) is 1.47. The minimum absolute atomic E-state index is 0.0138. The van der Waals surface area contributed by atoms with E-state index in [2.05, 4.69) is 16.8 Å². The lowest BCUT2D eigenvalue weighted by Crippen LogP contribution is -2.43. The van der Waals surface area contributed by atoms with Gasteiger partial charge >= 0.3 is 0 Å². The van der Waals surface area contributed by atoms with Crippen molar-refractivity contribution in [2.24, 2.45) is 0 Å².